The zero-order valence-corrected chi connectivity index (χ0v) is 15.8. The molecular formula is C20H21N6O2. The summed E-state index contributed by atoms with van der Waals surface area (Å²) in [6, 6.07) is 11.2. The maximum absolute atomic E-state index is 12.8. The predicted molar refractivity (Wildman–Crippen MR) is 104 cm³/mol. The van der Waals surface area contributed by atoms with Crippen LogP contribution in [0.15, 0.2) is 36.4 Å². The maximum atomic E-state index is 12.8. The average molecular weight is 377 g/mol. The average Bonchev–Trinajstić information content (AvgIpc) is 3.36. The van der Waals surface area contributed by atoms with E-state index in [1.807, 2.05) is 43.3 Å². The van der Waals surface area contributed by atoms with Crippen molar-refractivity contribution in [3.63, 3.8) is 0 Å². The highest BCUT2D eigenvalue weighted by molar-refractivity contribution is 5.99. The second-order valence-electron chi connectivity index (χ2n) is 7.18. The molecule has 3 heterocycles. The summed E-state index contributed by atoms with van der Waals surface area (Å²) >= 11 is 0. The van der Waals surface area contributed by atoms with Crippen LogP contribution in [0.1, 0.15) is 27.1 Å². The number of likely N-dealkylation sites (tertiary alicyclic amines) is 1. The lowest BCUT2D eigenvalue weighted by Gasteiger charge is -2.20. The monoisotopic (exact) mass is 377 g/mol. The number of likely N-dealkylation sites (N-methyl/N-ethyl adjacent to an activating group) is 1. The smallest absolute Gasteiger partial charge is 0.253 e. The van der Waals surface area contributed by atoms with Crippen LogP contribution in [-0.4, -0.2) is 69.4 Å². The maximum Gasteiger partial charge on any atom is 0.253 e. The first kappa shape index (κ1) is 18.1. The number of benzene rings is 1. The molecule has 4 rings (SSSR count). The summed E-state index contributed by atoms with van der Waals surface area (Å²) in [7, 11) is 4.08. The van der Waals surface area contributed by atoms with Crippen LogP contribution in [0.3, 0.4) is 0 Å². The normalized spacial score (nSPS) is 16.8. The van der Waals surface area contributed by atoms with Crippen LogP contribution in [-0.2, 0) is 0 Å². The SMILES string of the molecule is CN(C)C1CCN(C(=O)c2ccc(-c3ccc(C(N)=O)c4n[c]nn34)cc2)C1. The van der Waals surface area contributed by atoms with Gasteiger partial charge in [-0.3, -0.25) is 9.59 Å². The molecular weight excluding hydrogens is 356 g/mol. The predicted octanol–water partition coefficient (Wildman–Crippen LogP) is 1.07. The quantitative estimate of drug-likeness (QED) is 0.734. The molecule has 0 spiro atoms. The molecule has 143 valence electrons. The first-order chi connectivity index (χ1) is 13.5. The molecule has 1 atom stereocenters. The summed E-state index contributed by atoms with van der Waals surface area (Å²) in [5.74, 6) is -0.528. The van der Waals surface area contributed by atoms with Crippen LogP contribution in [0, 0.1) is 6.33 Å². The molecule has 1 aliphatic rings. The van der Waals surface area contributed by atoms with Gasteiger partial charge in [-0.15, -0.1) is 5.10 Å². The fraction of sp³-hybridized carbons (Fsp3) is 0.300. The van der Waals surface area contributed by atoms with Crippen LogP contribution in [0.5, 0.6) is 0 Å². The summed E-state index contributed by atoms with van der Waals surface area (Å²) < 4.78 is 1.53. The van der Waals surface area contributed by atoms with E-state index < -0.39 is 5.91 Å². The Hall–Kier alpha value is -3.26. The molecule has 1 fully saturated rings. The minimum Gasteiger partial charge on any atom is -0.365 e. The molecule has 2 N–H and O–H groups in total. The van der Waals surface area contributed by atoms with E-state index in [1.165, 1.54) is 4.52 Å². The van der Waals surface area contributed by atoms with Gasteiger partial charge in [0.05, 0.1) is 11.3 Å². The molecule has 3 aromatic rings. The summed E-state index contributed by atoms with van der Waals surface area (Å²) in [6.07, 6.45) is 3.50. The molecule has 2 aromatic heterocycles. The molecule has 1 aromatic carbocycles. The summed E-state index contributed by atoms with van der Waals surface area (Å²) in [5, 5.41) is 4.08. The van der Waals surface area contributed by atoms with Crippen molar-refractivity contribution in [3.8, 4) is 11.3 Å². The molecule has 2 amide bonds. The number of fused-ring (bicyclic) bond motifs is 1. The molecule has 8 nitrogen and oxygen atoms in total. The van der Waals surface area contributed by atoms with Gasteiger partial charge in [-0.1, -0.05) is 12.1 Å². The van der Waals surface area contributed by atoms with Crippen molar-refractivity contribution in [2.45, 2.75) is 12.5 Å². The van der Waals surface area contributed by atoms with Gasteiger partial charge in [0.25, 0.3) is 11.8 Å². The zero-order valence-electron chi connectivity index (χ0n) is 15.8. The topological polar surface area (TPSA) is 96.8 Å². The van der Waals surface area contributed by atoms with Crippen LogP contribution < -0.4 is 5.73 Å². The summed E-state index contributed by atoms with van der Waals surface area (Å²) in [5.41, 5.74) is 8.27. The first-order valence-electron chi connectivity index (χ1n) is 9.07. The van der Waals surface area contributed by atoms with Gasteiger partial charge >= 0.3 is 0 Å². The third kappa shape index (κ3) is 3.11. The van der Waals surface area contributed by atoms with Crippen molar-refractivity contribution in [3.05, 3.63) is 53.9 Å². The Morgan fingerprint density at radius 2 is 1.93 bits per heavy atom. The Morgan fingerprint density at radius 1 is 1.18 bits per heavy atom. The Bertz CT molecular complexity index is 1040. The Morgan fingerprint density at radius 3 is 2.57 bits per heavy atom. The Balaban J connectivity index is 1.60. The highest BCUT2D eigenvalue weighted by atomic mass is 16.2. The van der Waals surface area contributed by atoms with Gasteiger partial charge in [0.2, 0.25) is 6.33 Å². The minimum atomic E-state index is -0.569. The van der Waals surface area contributed by atoms with E-state index in [1.54, 1.807) is 12.1 Å². The number of carbonyl (C=O) groups is 2. The van der Waals surface area contributed by atoms with Gasteiger partial charge in [-0.05, 0) is 44.8 Å². The third-order valence-corrected chi connectivity index (χ3v) is 5.25. The van der Waals surface area contributed by atoms with Crippen molar-refractivity contribution >= 4 is 17.5 Å². The second-order valence-corrected chi connectivity index (χ2v) is 7.18. The van der Waals surface area contributed by atoms with Crippen molar-refractivity contribution in [2.24, 2.45) is 5.73 Å². The molecule has 1 unspecified atom stereocenters. The number of hydrogen-bond donors (Lipinski definition) is 1. The van der Waals surface area contributed by atoms with Gasteiger partial charge in [0.1, 0.15) is 0 Å². The van der Waals surface area contributed by atoms with Crippen molar-refractivity contribution in [1.29, 1.82) is 0 Å². The number of nitrogens with two attached hydrogens (primary N) is 1. The molecule has 8 heteroatoms. The fourth-order valence-electron chi connectivity index (χ4n) is 3.58. The number of primary amides is 1. The Kier molecular flexibility index (Phi) is 4.56. The fourth-order valence-corrected chi connectivity index (χ4v) is 3.58. The third-order valence-electron chi connectivity index (χ3n) is 5.25. The number of pyridine rings is 1. The van der Waals surface area contributed by atoms with Gasteiger partial charge in [-0.25, -0.2) is 9.50 Å². The van der Waals surface area contributed by atoms with Gasteiger partial charge in [0, 0.05) is 30.3 Å². The Labute approximate surface area is 162 Å². The largest absolute Gasteiger partial charge is 0.365 e. The lowest BCUT2D eigenvalue weighted by Crippen LogP contribution is -2.34. The number of aromatic nitrogens is 3. The van der Waals surface area contributed by atoms with Gasteiger partial charge in [0.15, 0.2) is 5.65 Å². The molecule has 0 aliphatic carbocycles. The number of rotatable bonds is 4. The lowest BCUT2D eigenvalue weighted by atomic mass is 10.1. The van der Waals surface area contributed by atoms with Crippen molar-refractivity contribution in [1.82, 2.24) is 24.4 Å². The van der Waals surface area contributed by atoms with Crippen LogP contribution >= 0.6 is 0 Å². The molecule has 1 aliphatic heterocycles. The van der Waals surface area contributed by atoms with E-state index in [-0.39, 0.29) is 11.5 Å². The number of nitrogens with zero attached hydrogens (tertiary/aromatic N) is 5. The van der Waals surface area contributed by atoms with Crippen molar-refractivity contribution in [2.75, 3.05) is 27.2 Å². The highest BCUT2D eigenvalue weighted by Crippen LogP contribution is 2.23. The van der Waals surface area contributed by atoms with Crippen molar-refractivity contribution < 1.29 is 9.59 Å². The standard InChI is InChI=1S/C20H21N6O2/c1-24(2)15-9-10-25(11-15)20(28)14-5-3-13(4-6-14)17-8-7-16(18(21)27)19-22-12-23-26(17)19/h3-8,15H,9-11H2,1-2H3,(H2,21,27). The van der Waals surface area contributed by atoms with E-state index in [2.05, 4.69) is 21.3 Å². The van der Waals surface area contributed by atoms with Crippen LogP contribution in [0.25, 0.3) is 16.9 Å². The number of hydrogen-bond acceptors (Lipinski definition) is 5. The lowest BCUT2D eigenvalue weighted by molar-refractivity contribution is 0.0783. The molecule has 0 bridgehead atoms. The molecule has 28 heavy (non-hydrogen) atoms. The van der Waals surface area contributed by atoms with E-state index in [9.17, 15) is 9.59 Å². The van der Waals surface area contributed by atoms with Gasteiger partial charge in [-0.2, -0.15) is 0 Å². The number of carbonyl (C=O) groups excluding carboxylic acids is 2. The molecule has 0 saturated carbocycles. The molecule has 1 saturated heterocycles. The van der Waals surface area contributed by atoms with Gasteiger partial charge < -0.3 is 15.5 Å². The first-order valence-corrected chi connectivity index (χ1v) is 9.07. The summed E-state index contributed by atoms with van der Waals surface area (Å²) in [4.78, 5) is 32.4. The van der Waals surface area contributed by atoms with E-state index in [0.29, 0.717) is 17.3 Å². The van der Waals surface area contributed by atoms with E-state index in [4.69, 9.17) is 5.73 Å². The minimum absolute atomic E-state index is 0.0409. The zero-order chi connectivity index (χ0) is 19.8. The van der Waals surface area contributed by atoms with E-state index in [0.717, 1.165) is 30.8 Å². The second kappa shape index (κ2) is 7.05. The summed E-state index contributed by atoms with van der Waals surface area (Å²) in [6.45, 7) is 1.52. The van der Waals surface area contributed by atoms with Crippen LogP contribution in [0.4, 0.5) is 0 Å². The highest BCUT2D eigenvalue weighted by Gasteiger charge is 2.28. The van der Waals surface area contributed by atoms with Crippen LogP contribution in [0.2, 0.25) is 0 Å². The number of amides is 2. The van der Waals surface area contributed by atoms with E-state index >= 15 is 0 Å². The molecule has 1 radical (unpaired) electrons.